The van der Waals surface area contributed by atoms with Gasteiger partial charge in [-0.15, -0.1) is 0 Å². The lowest BCUT2D eigenvalue weighted by atomic mass is 10.2. The van der Waals surface area contributed by atoms with Crippen molar-refractivity contribution in [3.8, 4) is 0 Å². The molecule has 2 nitrogen and oxygen atoms in total. The predicted molar refractivity (Wildman–Crippen MR) is 44.1 cm³/mol. The van der Waals surface area contributed by atoms with E-state index in [1.807, 2.05) is 0 Å². The maximum atomic E-state index is 13.1. The number of alkyl halides is 2. The lowest BCUT2D eigenvalue weighted by Gasteiger charge is -2.04. The molecule has 0 aliphatic rings. The van der Waals surface area contributed by atoms with Crippen LogP contribution < -0.4 is 0 Å². The van der Waals surface area contributed by atoms with Crippen LogP contribution in [0.2, 0.25) is 0 Å². The lowest BCUT2D eigenvalue weighted by molar-refractivity contribution is 0.107. The van der Waals surface area contributed by atoms with Crippen LogP contribution >= 0.6 is 11.6 Å². The summed E-state index contributed by atoms with van der Waals surface area (Å²) in [6.07, 6.45) is -2.86. The van der Waals surface area contributed by atoms with E-state index in [1.165, 1.54) is 6.92 Å². The Labute approximate surface area is 82.7 Å². The number of nitrogens with zero attached hydrogens (tertiary/aromatic N) is 1. The molecule has 0 atom stereocenters. The van der Waals surface area contributed by atoms with Crippen LogP contribution in [0.4, 0.5) is 13.2 Å². The molecule has 6 heteroatoms. The van der Waals surface area contributed by atoms with Crippen LogP contribution in [-0.2, 0) is 0 Å². The Morgan fingerprint density at radius 3 is 2.57 bits per heavy atom. The van der Waals surface area contributed by atoms with Gasteiger partial charge in [0.15, 0.2) is 11.5 Å². The van der Waals surface area contributed by atoms with Crippen molar-refractivity contribution in [2.75, 3.05) is 0 Å². The van der Waals surface area contributed by atoms with Gasteiger partial charge in [-0.2, -0.15) is 0 Å². The third-order valence-corrected chi connectivity index (χ3v) is 1.75. The fourth-order valence-electron chi connectivity index (χ4n) is 0.924. The molecule has 1 rings (SSSR count). The Kier molecular flexibility index (Phi) is 3.10. The highest BCUT2D eigenvalue weighted by atomic mass is 35.5. The molecule has 1 aromatic rings. The molecule has 76 valence electrons. The van der Waals surface area contributed by atoms with Crippen molar-refractivity contribution in [2.24, 2.45) is 0 Å². The molecule has 0 amide bonds. The van der Waals surface area contributed by atoms with Crippen LogP contribution in [-0.4, -0.2) is 10.2 Å². The number of carbonyl (C=O) groups excluding carboxylic acids is 1. The average molecular weight is 224 g/mol. The van der Waals surface area contributed by atoms with Gasteiger partial charge in [0, 0.05) is 0 Å². The number of aromatic nitrogens is 1. The summed E-state index contributed by atoms with van der Waals surface area (Å²) in [7, 11) is 0. The monoisotopic (exact) mass is 223 g/mol. The van der Waals surface area contributed by atoms with E-state index in [1.54, 1.807) is 0 Å². The zero-order valence-corrected chi connectivity index (χ0v) is 7.78. The first kappa shape index (κ1) is 11.0. The number of hydrogen-bond acceptors (Lipinski definition) is 2. The highest BCUT2D eigenvalue weighted by Gasteiger charge is 2.19. The van der Waals surface area contributed by atoms with Crippen LogP contribution in [0, 0.1) is 12.7 Å². The van der Waals surface area contributed by atoms with Gasteiger partial charge >= 0.3 is 0 Å². The smallest absolute Gasteiger partial charge is 0.274 e. The molecule has 0 aliphatic heterocycles. The molecule has 0 N–H and O–H groups in total. The normalized spacial score (nSPS) is 10.7. The zero-order valence-electron chi connectivity index (χ0n) is 7.02. The molecule has 1 aromatic heterocycles. The third-order valence-electron chi connectivity index (χ3n) is 1.57. The summed E-state index contributed by atoms with van der Waals surface area (Å²) in [5.74, 6) is -0.964. The van der Waals surface area contributed by atoms with Crippen molar-refractivity contribution in [1.82, 2.24) is 4.98 Å². The SMILES string of the molecule is Cc1cc(C(F)F)nc(C(=O)Cl)c1F. The van der Waals surface area contributed by atoms with E-state index < -0.39 is 28.9 Å². The van der Waals surface area contributed by atoms with Gasteiger partial charge in [-0.1, -0.05) is 0 Å². The average Bonchev–Trinajstić information content (AvgIpc) is 2.08. The van der Waals surface area contributed by atoms with Crippen molar-refractivity contribution in [1.29, 1.82) is 0 Å². The van der Waals surface area contributed by atoms with Gasteiger partial charge in [-0.3, -0.25) is 4.79 Å². The molecule has 0 bridgehead atoms. The van der Waals surface area contributed by atoms with Crippen molar-refractivity contribution < 1.29 is 18.0 Å². The Morgan fingerprint density at radius 2 is 2.14 bits per heavy atom. The first-order chi connectivity index (χ1) is 6.43. The largest absolute Gasteiger partial charge is 0.280 e. The van der Waals surface area contributed by atoms with Gasteiger partial charge in [0.1, 0.15) is 5.69 Å². The van der Waals surface area contributed by atoms with Gasteiger partial charge in [0.2, 0.25) is 0 Å². The molecule has 0 radical (unpaired) electrons. The van der Waals surface area contributed by atoms with Crippen LogP contribution in [0.15, 0.2) is 6.07 Å². The van der Waals surface area contributed by atoms with E-state index in [0.29, 0.717) is 0 Å². The minimum absolute atomic E-state index is 0.0840. The molecule has 0 unspecified atom stereocenters. The highest BCUT2D eigenvalue weighted by Crippen LogP contribution is 2.21. The van der Waals surface area contributed by atoms with E-state index in [4.69, 9.17) is 11.6 Å². The summed E-state index contributed by atoms with van der Waals surface area (Å²) in [5.41, 5.74) is -1.51. The first-order valence-corrected chi connectivity index (χ1v) is 3.96. The van der Waals surface area contributed by atoms with E-state index in [0.717, 1.165) is 6.07 Å². The molecular formula is C8H5ClF3NO. The standard InChI is InChI=1S/C8H5ClF3NO/c1-3-2-4(8(11)12)13-6(5(3)10)7(9)14/h2,8H,1H3. The summed E-state index contributed by atoms with van der Waals surface area (Å²) in [4.78, 5) is 13.7. The Hall–Kier alpha value is -1.10. The predicted octanol–water partition coefficient (Wildman–Crippen LogP) is 2.85. The fraction of sp³-hybridized carbons (Fsp3) is 0.250. The fourth-order valence-corrected chi connectivity index (χ4v) is 1.05. The summed E-state index contributed by atoms with van der Waals surface area (Å²) < 4.78 is 37.4. The molecule has 14 heavy (non-hydrogen) atoms. The minimum atomic E-state index is -2.86. The molecule has 0 aliphatic carbocycles. The molecule has 0 saturated heterocycles. The minimum Gasteiger partial charge on any atom is -0.274 e. The second-order valence-corrected chi connectivity index (χ2v) is 2.94. The Morgan fingerprint density at radius 1 is 1.57 bits per heavy atom. The Bertz CT molecular complexity index is 381. The zero-order chi connectivity index (χ0) is 10.9. The van der Waals surface area contributed by atoms with Gasteiger partial charge in [-0.05, 0) is 30.2 Å². The second-order valence-electron chi connectivity index (χ2n) is 2.60. The summed E-state index contributed by atoms with van der Waals surface area (Å²) in [5, 5.41) is -1.19. The second kappa shape index (κ2) is 3.96. The van der Waals surface area contributed by atoms with Gasteiger partial charge in [-0.25, -0.2) is 18.2 Å². The van der Waals surface area contributed by atoms with E-state index in [2.05, 4.69) is 4.98 Å². The van der Waals surface area contributed by atoms with E-state index >= 15 is 0 Å². The quantitative estimate of drug-likeness (QED) is 0.722. The summed E-state index contributed by atoms with van der Waals surface area (Å²) in [6, 6.07) is 0.878. The number of carbonyl (C=O) groups is 1. The number of pyridine rings is 1. The van der Waals surface area contributed by atoms with E-state index in [9.17, 15) is 18.0 Å². The molecular weight excluding hydrogens is 219 g/mol. The molecule has 0 saturated carbocycles. The van der Waals surface area contributed by atoms with Crippen LogP contribution in [0.5, 0.6) is 0 Å². The maximum absolute atomic E-state index is 13.1. The maximum Gasteiger partial charge on any atom is 0.280 e. The third kappa shape index (κ3) is 2.04. The van der Waals surface area contributed by atoms with Crippen LogP contribution in [0.3, 0.4) is 0 Å². The number of aryl methyl sites for hydroxylation is 1. The molecule has 0 aromatic carbocycles. The first-order valence-electron chi connectivity index (χ1n) is 3.58. The summed E-state index contributed by atoms with van der Waals surface area (Å²) in [6.45, 7) is 1.26. The van der Waals surface area contributed by atoms with Gasteiger partial charge in [0.25, 0.3) is 11.7 Å². The number of halogens is 4. The summed E-state index contributed by atoms with van der Waals surface area (Å²) >= 11 is 4.97. The van der Waals surface area contributed by atoms with Gasteiger partial charge in [0.05, 0.1) is 0 Å². The molecule has 0 fully saturated rings. The highest BCUT2D eigenvalue weighted by molar-refractivity contribution is 6.67. The number of hydrogen-bond donors (Lipinski definition) is 0. The lowest BCUT2D eigenvalue weighted by Crippen LogP contribution is -2.05. The van der Waals surface area contributed by atoms with Crippen LogP contribution in [0.25, 0.3) is 0 Å². The van der Waals surface area contributed by atoms with Crippen molar-refractivity contribution >= 4 is 16.8 Å². The topological polar surface area (TPSA) is 30.0 Å². The molecule has 1 heterocycles. The Balaban J connectivity index is 3.35. The van der Waals surface area contributed by atoms with Crippen molar-refractivity contribution in [3.05, 3.63) is 28.8 Å². The van der Waals surface area contributed by atoms with E-state index in [-0.39, 0.29) is 5.56 Å². The molecule has 0 spiro atoms. The number of rotatable bonds is 2. The van der Waals surface area contributed by atoms with Crippen molar-refractivity contribution in [2.45, 2.75) is 13.3 Å². The van der Waals surface area contributed by atoms with Crippen LogP contribution in [0.1, 0.15) is 28.2 Å². The van der Waals surface area contributed by atoms with Crippen molar-refractivity contribution in [3.63, 3.8) is 0 Å². The van der Waals surface area contributed by atoms with Gasteiger partial charge < -0.3 is 0 Å².